The fourth-order valence-electron chi connectivity index (χ4n) is 1.53. The van der Waals surface area contributed by atoms with Crippen LogP contribution in [0.2, 0.25) is 0 Å². The van der Waals surface area contributed by atoms with Gasteiger partial charge < -0.3 is 5.32 Å². The third-order valence-electron chi connectivity index (χ3n) is 2.43. The SMILES string of the molecule is Cc1nnc(NC(=O)CNC(=O)Cc2ccccc2)s1. The van der Waals surface area contributed by atoms with Gasteiger partial charge in [-0.1, -0.05) is 41.7 Å². The Balaban J connectivity index is 1.74. The van der Waals surface area contributed by atoms with Crippen LogP contribution in [0.25, 0.3) is 0 Å². The van der Waals surface area contributed by atoms with Gasteiger partial charge in [0.2, 0.25) is 16.9 Å². The van der Waals surface area contributed by atoms with E-state index in [-0.39, 0.29) is 24.8 Å². The molecule has 0 saturated heterocycles. The summed E-state index contributed by atoms with van der Waals surface area (Å²) >= 11 is 1.29. The van der Waals surface area contributed by atoms with Gasteiger partial charge in [-0.3, -0.25) is 14.9 Å². The normalized spacial score (nSPS) is 10.1. The maximum atomic E-state index is 11.7. The van der Waals surface area contributed by atoms with Gasteiger partial charge in [0.1, 0.15) is 5.01 Å². The number of hydrogen-bond acceptors (Lipinski definition) is 5. The highest BCUT2D eigenvalue weighted by Gasteiger charge is 2.08. The fraction of sp³-hybridized carbons (Fsp3) is 0.231. The standard InChI is InChI=1S/C13H14N4O2S/c1-9-16-17-13(20-9)15-12(19)8-14-11(18)7-10-5-3-2-4-6-10/h2-6H,7-8H2,1H3,(H,14,18)(H,15,17,19). The quantitative estimate of drug-likeness (QED) is 0.865. The lowest BCUT2D eigenvalue weighted by molar-refractivity contribution is -0.123. The van der Waals surface area contributed by atoms with Gasteiger partial charge in [-0.15, -0.1) is 10.2 Å². The Hall–Kier alpha value is -2.28. The highest BCUT2D eigenvalue weighted by molar-refractivity contribution is 7.15. The van der Waals surface area contributed by atoms with Crippen LogP contribution in [0.15, 0.2) is 30.3 Å². The van der Waals surface area contributed by atoms with E-state index < -0.39 is 0 Å². The van der Waals surface area contributed by atoms with Crippen molar-refractivity contribution in [2.75, 3.05) is 11.9 Å². The van der Waals surface area contributed by atoms with Gasteiger partial charge in [0.25, 0.3) is 0 Å². The lowest BCUT2D eigenvalue weighted by Gasteiger charge is -2.04. The van der Waals surface area contributed by atoms with E-state index in [0.29, 0.717) is 5.13 Å². The molecule has 7 heteroatoms. The largest absolute Gasteiger partial charge is 0.347 e. The first-order valence-corrected chi connectivity index (χ1v) is 6.86. The third-order valence-corrected chi connectivity index (χ3v) is 3.18. The summed E-state index contributed by atoms with van der Waals surface area (Å²) in [4.78, 5) is 23.2. The van der Waals surface area contributed by atoms with Crippen LogP contribution in [0.3, 0.4) is 0 Å². The van der Waals surface area contributed by atoms with Gasteiger partial charge in [0, 0.05) is 0 Å². The molecule has 0 atom stereocenters. The molecule has 1 heterocycles. The maximum absolute atomic E-state index is 11.7. The number of nitrogens with one attached hydrogen (secondary N) is 2. The number of benzene rings is 1. The lowest BCUT2D eigenvalue weighted by Crippen LogP contribution is -2.33. The Morgan fingerprint density at radius 2 is 1.90 bits per heavy atom. The molecule has 0 aliphatic heterocycles. The number of anilines is 1. The van der Waals surface area contributed by atoms with E-state index in [9.17, 15) is 9.59 Å². The second-order valence-corrected chi connectivity index (χ2v) is 5.30. The molecule has 0 spiro atoms. The zero-order valence-corrected chi connectivity index (χ0v) is 11.7. The first-order valence-electron chi connectivity index (χ1n) is 6.04. The zero-order valence-electron chi connectivity index (χ0n) is 10.9. The average molecular weight is 290 g/mol. The first kappa shape index (κ1) is 14.1. The minimum atomic E-state index is -0.317. The molecule has 0 radical (unpaired) electrons. The predicted molar refractivity (Wildman–Crippen MR) is 76.4 cm³/mol. The number of carbonyl (C=O) groups is 2. The average Bonchev–Trinajstić information content (AvgIpc) is 2.83. The second-order valence-electron chi connectivity index (χ2n) is 4.11. The van der Waals surface area contributed by atoms with Gasteiger partial charge in [-0.25, -0.2) is 0 Å². The van der Waals surface area contributed by atoms with Crippen molar-refractivity contribution < 1.29 is 9.59 Å². The van der Waals surface area contributed by atoms with Crippen molar-refractivity contribution in [2.24, 2.45) is 0 Å². The number of nitrogens with zero attached hydrogens (tertiary/aromatic N) is 2. The smallest absolute Gasteiger partial charge is 0.245 e. The minimum Gasteiger partial charge on any atom is -0.347 e. The van der Waals surface area contributed by atoms with Crippen LogP contribution in [-0.2, 0) is 16.0 Å². The molecule has 0 aliphatic carbocycles. The number of amides is 2. The van der Waals surface area contributed by atoms with E-state index in [2.05, 4.69) is 20.8 Å². The van der Waals surface area contributed by atoms with Crippen molar-refractivity contribution in [3.05, 3.63) is 40.9 Å². The molecule has 0 fully saturated rings. The molecular weight excluding hydrogens is 276 g/mol. The molecule has 0 aliphatic rings. The molecule has 0 bridgehead atoms. The summed E-state index contributed by atoms with van der Waals surface area (Å²) in [5.74, 6) is -0.512. The topological polar surface area (TPSA) is 84.0 Å². The summed E-state index contributed by atoms with van der Waals surface area (Å²) in [6.45, 7) is 1.72. The van der Waals surface area contributed by atoms with E-state index in [1.165, 1.54) is 11.3 Å². The van der Waals surface area contributed by atoms with Crippen LogP contribution >= 0.6 is 11.3 Å². The van der Waals surface area contributed by atoms with Crippen molar-refractivity contribution >= 4 is 28.3 Å². The molecule has 0 saturated carbocycles. The van der Waals surface area contributed by atoms with Crippen LogP contribution in [0.1, 0.15) is 10.6 Å². The van der Waals surface area contributed by atoms with E-state index in [0.717, 1.165) is 10.6 Å². The van der Waals surface area contributed by atoms with Crippen LogP contribution in [0.4, 0.5) is 5.13 Å². The van der Waals surface area contributed by atoms with Crippen LogP contribution in [-0.4, -0.2) is 28.6 Å². The van der Waals surface area contributed by atoms with Crippen LogP contribution in [0.5, 0.6) is 0 Å². The van der Waals surface area contributed by atoms with Crippen molar-refractivity contribution in [1.82, 2.24) is 15.5 Å². The molecule has 104 valence electrons. The van der Waals surface area contributed by atoms with Gasteiger partial charge in [-0.2, -0.15) is 0 Å². The van der Waals surface area contributed by atoms with Gasteiger partial charge in [0.15, 0.2) is 0 Å². The summed E-state index contributed by atoms with van der Waals surface area (Å²) in [6.07, 6.45) is 0.256. The number of carbonyl (C=O) groups excluding carboxylic acids is 2. The molecule has 2 amide bonds. The second kappa shape index (κ2) is 6.76. The first-order chi connectivity index (χ1) is 9.63. The Kier molecular flexibility index (Phi) is 4.78. The monoisotopic (exact) mass is 290 g/mol. The van der Waals surface area contributed by atoms with Crippen molar-refractivity contribution in [1.29, 1.82) is 0 Å². The van der Waals surface area contributed by atoms with Crippen LogP contribution < -0.4 is 10.6 Å². The Bertz CT molecular complexity index is 597. The molecule has 0 unspecified atom stereocenters. The fourth-order valence-corrected chi connectivity index (χ4v) is 2.14. The van der Waals surface area contributed by atoms with E-state index in [1.807, 2.05) is 30.3 Å². The van der Waals surface area contributed by atoms with Gasteiger partial charge in [0.05, 0.1) is 13.0 Å². The van der Waals surface area contributed by atoms with E-state index in [1.54, 1.807) is 6.92 Å². The highest BCUT2D eigenvalue weighted by Crippen LogP contribution is 2.12. The van der Waals surface area contributed by atoms with Crippen molar-refractivity contribution in [3.63, 3.8) is 0 Å². The van der Waals surface area contributed by atoms with Crippen LogP contribution in [0, 0.1) is 6.92 Å². The van der Waals surface area contributed by atoms with Crippen molar-refractivity contribution in [3.8, 4) is 0 Å². The number of aromatic nitrogens is 2. The summed E-state index contributed by atoms with van der Waals surface area (Å²) in [6, 6.07) is 9.35. The maximum Gasteiger partial charge on any atom is 0.245 e. The Morgan fingerprint density at radius 1 is 1.15 bits per heavy atom. The highest BCUT2D eigenvalue weighted by atomic mass is 32.1. The molecule has 20 heavy (non-hydrogen) atoms. The summed E-state index contributed by atoms with van der Waals surface area (Å²) in [7, 11) is 0. The Morgan fingerprint density at radius 3 is 2.55 bits per heavy atom. The van der Waals surface area contributed by atoms with E-state index >= 15 is 0 Å². The van der Waals surface area contributed by atoms with Gasteiger partial charge >= 0.3 is 0 Å². The third kappa shape index (κ3) is 4.43. The Labute approximate surface area is 120 Å². The van der Waals surface area contributed by atoms with Gasteiger partial charge in [-0.05, 0) is 12.5 Å². The predicted octanol–water partition coefficient (Wildman–Crippen LogP) is 1.14. The molecule has 2 rings (SSSR count). The molecule has 1 aromatic carbocycles. The van der Waals surface area contributed by atoms with Crippen molar-refractivity contribution in [2.45, 2.75) is 13.3 Å². The molecular formula is C13H14N4O2S. The minimum absolute atomic E-state index is 0.0791. The lowest BCUT2D eigenvalue weighted by atomic mass is 10.1. The number of hydrogen-bond donors (Lipinski definition) is 2. The summed E-state index contributed by atoms with van der Waals surface area (Å²) in [5.41, 5.74) is 0.908. The number of aryl methyl sites for hydroxylation is 1. The molecule has 6 nitrogen and oxygen atoms in total. The van der Waals surface area contributed by atoms with E-state index in [4.69, 9.17) is 0 Å². The number of rotatable bonds is 5. The summed E-state index contributed by atoms with van der Waals surface area (Å²) < 4.78 is 0. The molecule has 2 N–H and O–H groups in total. The molecule has 2 aromatic rings. The zero-order chi connectivity index (χ0) is 14.4. The molecule has 1 aromatic heterocycles. The summed E-state index contributed by atoms with van der Waals surface area (Å²) in [5, 5.41) is 13.9.